The van der Waals surface area contributed by atoms with Crippen LogP contribution in [0.4, 0.5) is 0 Å². The number of para-hydroxylation sites is 1. The third-order valence-corrected chi connectivity index (χ3v) is 8.49. The molecule has 2 aromatic heterocycles. The molecule has 9 rings (SSSR count). The fraction of sp³-hybridized carbons (Fsp3) is 0. The second kappa shape index (κ2) is 10.2. The minimum Gasteiger partial charge on any atom is -0.456 e. The second-order valence-corrected chi connectivity index (χ2v) is 11.3. The molecule has 7 aromatic carbocycles. The molecule has 210 valence electrons. The Morgan fingerprint density at radius 3 is 1.58 bits per heavy atom. The molecule has 0 spiro atoms. The molecule has 9 aromatic rings. The summed E-state index contributed by atoms with van der Waals surface area (Å²) in [6.07, 6.45) is 0. The molecule has 0 N–H and O–H groups in total. The zero-order chi connectivity index (χ0) is 29.7. The minimum absolute atomic E-state index is 0.633. The van der Waals surface area contributed by atoms with Gasteiger partial charge in [-0.3, -0.25) is 0 Å². The molecule has 2 heterocycles. The van der Waals surface area contributed by atoms with E-state index in [0.29, 0.717) is 17.5 Å². The van der Waals surface area contributed by atoms with Crippen LogP contribution in [-0.4, -0.2) is 15.0 Å². The number of hydrogen-bond donors (Lipinski definition) is 0. The van der Waals surface area contributed by atoms with Crippen LogP contribution in [-0.2, 0) is 0 Å². The zero-order valence-electron chi connectivity index (χ0n) is 24.2. The van der Waals surface area contributed by atoms with Gasteiger partial charge in [0.1, 0.15) is 11.2 Å². The van der Waals surface area contributed by atoms with Gasteiger partial charge in [0.2, 0.25) is 0 Å². The summed E-state index contributed by atoms with van der Waals surface area (Å²) >= 11 is 0. The van der Waals surface area contributed by atoms with Crippen molar-refractivity contribution in [1.82, 2.24) is 15.0 Å². The quantitative estimate of drug-likeness (QED) is 0.196. The molecule has 0 fully saturated rings. The van der Waals surface area contributed by atoms with E-state index in [-0.39, 0.29) is 0 Å². The second-order valence-electron chi connectivity index (χ2n) is 11.3. The van der Waals surface area contributed by atoms with Crippen molar-refractivity contribution in [2.75, 3.05) is 0 Å². The van der Waals surface area contributed by atoms with Crippen LogP contribution in [0.25, 0.3) is 88.8 Å². The van der Waals surface area contributed by atoms with E-state index >= 15 is 0 Å². The molecule has 0 aliphatic rings. The summed E-state index contributed by atoms with van der Waals surface area (Å²) in [7, 11) is 0. The lowest BCUT2D eigenvalue weighted by Crippen LogP contribution is -2.00. The van der Waals surface area contributed by atoms with E-state index < -0.39 is 0 Å². The molecule has 0 unspecified atom stereocenters. The third kappa shape index (κ3) is 4.35. The monoisotopic (exact) mass is 575 g/mol. The fourth-order valence-electron chi connectivity index (χ4n) is 6.31. The smallest absolute Gasteiger partial charge is 0.164 e. The van der Waals surface area contributed by atoms with Crippen LogP contribution in [0.2, 0.25) is 0 Å². The van der Waals surface area contributed by atoms with Crippen molar-refractivity contribution < 1.29 is 4.42 Å². The fourth-order valence-corrected chi connectivity index (χ4v) is 6.31. The molecule has 0 bridgehead atoms. The Morgan fingerprint density at radius 1 is 0.333 bits per heavy atom. The van der Waals surface area contributed by atoms with E-state index in [0.717, 1.165) is 65.9 Å². The van der Waals surface area contributed by atoms with E-state index in [2.05, 4.69) is 78.9 Å². The Labute approximate surface area is 259 Å². The van der Waals surface area contributed by atoms with Gasteiger partial charge in [0.15, 0.2) is 17.5 Å². The molecule has 45 heavy (non-hydrogen) atoms. The van der Waals surface area contributed by atoms with Gasteiger partial charge in [-0.2, -0.15) is 0 Å². The number of nitrogens with zero attached hydrogens (tertiary/aromatic N) is 3. The molecule has 0 atom stereocenters. The van der Waals surface area contributed by atoms with Crippen LogP contribution in [0.3, 0.4) is 0 Å². The molecule has 0 aliphatic carbocycles. The van der Waals surface area contributed by atoms with E-state index in [1.54, 1.807) is 0 Å². The molecular weight excluding hydrogens is 550 g/mol. The highest BCUT2D eigenvalue weighted by atomic mass is 16.3. The van der Waals surface area contributed by atoms with Crippen LogP contribution in [0.1, 0.15) is 0 Å². The Hall–Kier alpha value is -6.13. The molecule has 0 aliphatic heterocycles. The maximum atomic E-state index is 6.24. The van der Waals surface area contributed by atoms with Crippen LogP contribution < -0.4 is 0 Å². The third-order valence-electron chi connectivity index (χ3n) is 8.49. The van der Waals surface area contributed by atoms with Gasteiger partial charge >= 0.3 is 0 Å². The van der Waals surface area contributed by atoms with Gasteiger partial charge in [-0.05, 0) is 63.0 Å². The molecule has 0 saturated carbocycles. The molecular formula is C41H25N3O. The van der Waals surface area contributed by atoms with Crippen molar-refractivity contribution in [2.24, 2.45) is 0 Å². The van der Waals surface area contributed by atoms with Gasteiger partial charge in [0.05, 0.1) is 0 Å². The number of furan rings is 1. The summed E-state index contributed by atoms with van der Waals surface area (Å²) < 4.78 is 6.24. The lowest BCUT2D eigenvalue weighted by molar-refractivity contribution is 0.669. The summed E-state index contributed by atoms with van der Waals surface area (Å²) in [5.41, 5.74) is 6.88. The Kier molecular flexibility index (Phi) is 5.78. The van der Waals surface area contributed by atoms with Crippen LogP contribution in [0, 0.1) is 0 Å². The highest BCUT2D eigenvalue weighted by Crippen LogP contribution is 2.40. The number of rotatable bonds is 4. The van der Waals surface area contributed by atoms with Crippen LogP contribution in [0.5, 0.6) is 0 Å². The first-order valence-electron chi connectivity index (χ1n) is 15.0. The van der Waals surface area contributed by atoms with Gasteiger partial charge in [0.25, 0.3) is 0 Å². The maximum absolute atomic E-state index is 6.24. The average Bonchev–Trinajstić information content (AvgIpc) is 3.48. The van der Waals surface area contributed by atoms with Crippen molar-refractivity contribution in [3.63, 3.8) is 0 Å². The van der Waals surface area contributed by atoms with Gasteiger partial charge in [0, 0.05) is 27.5 Å². The summed E-state index contributed by atoms with van der Waals surface area (Å²) in [6.45, 7) is 0. The van der Waals surface area contributed by atoms with Gasteiger partial charge in [-0.25, -0.2) is 15.0 Å². The molecule has 4 heteroatoms. The summed E-state index contributed by atoms with van der Waals surface area (Å²) in [4.78, 5) is 15.0. The number of aromatic nitrogens is 3. The van der Waals surface area contributed by atoms with Crippen molar-refractivity contribution in [3.05, 3.63) is 152 Å². The van der Waals surface area contributed by atoms with E-state index in [1.807, 2.05) is 72.8 Å². The number of fused-ring (bicyclic) bond motifs is 6. The summed E-state index contributed by atoms with van der Waals surface area (Å²) in [5, 5.41) is 6.81. The molecule has 0 radical (unpaired) electrons. The van der Waals surface area contributed by atoms with Crippen LogP contribution >= 0.6 is 0 Å². The molecule has 0 amide bonds. The van der Waals surface area contributed by atoms with Crippen molar-refractivity contribution >= 4 is 43.5 Å². The summed E-state index contributed by atoms with van der Waals surface area (Å²) in [6, 6.07) is 52.3. The average molecular weight is 576 g/mol. The lowest BCUT2D eigenvalue weighted by Gasteiger charge is -2.14. The van der Waals surface area contributed by atoms with Gasteiger partial charge < -0.3 is 4.42 Å². The summed E-state index contributed by atoms with van der Waals surface area (Å²) in [5.74, 6) is 1.92. The molecule has 4 nitrogen and oxygen atoms in total. The first kappa shape index (κ1) is 25.4. The first-order chi connectivity index (χ1) is 22.3. The predicted octanol–water partition coefficient (Wildman–Crippen LogP) is 10.7. The lowest BCUT2D eigenvalue weighted by atomic mass is 9.91. The molecule has 0 saturated heterocycles. The number of hydrogen-bond acceptors (Lipinski definition) is 4. The van der Waals surface area contributed by atoms with Crippen LogP contribution in [0.15, 0.2) is 156 Å². The van der Waals surface area contributed by atoms with E-state index in [9.17, 15) is 0 Å². The van der Waals surface area contributed by atoms with E-state index in [1.165, 1.54) is 5.39 Å². The Bertz CT molecular complexity index is 2460. The maximum Gasteiger partial charge on any atom is 0.164 e. The minimum atomic E-state index is 0.633. The standard InChI is InChI=1S/C41H25N3O/c1-4-12-26(13-5-1)33-22-30(41-43-39(27-14-6-2-7-15-27)42-40(44-41)28-16-8-3-9-17-28)23-35-31(33)21-20-29-24-38-36(25-34(29)35)32-18-10-11-19-37(32)45-38/h1-25H. The highest BCUT2D eigenvalue weighted by Gasteiger charge is 2.17. The van der Waals surface area contributed by atoms with Crippen molar-refractivity contribution in [1.29, 1.82) is 0 Å². The van der Waals surface area contributed by atoms with Gasteiger partial charge in [-0.15, -0.1) is 0 Å². The SMILES string of the molecule is c1ccc(-c2nc(-c3ccccc3)nc(-c3cc(-c4ccccc4)c4ccc5cc6oc7ccccc7c6cc5c4c3)n2)cc1. The zero-order valence-corrected chi connectivity index (χ0v) is 24.2. The first-order valence-corrected chi connectivity index (χ1v) is 15.0. The normalized spacial score (nSPS) is 11.6. The topological polar surface area (TPSA) is 51.8 Å². The van der Waals surface area contributed by atoms with E-state index in [4.69, 9.17) is 19.4 Å². The Morgan fingerprint density at radius 2 is 0.911 bits per heavy atom. The Balaban J connectivity index is 1.36. The largest absolute Gasteiger partial charge is 0.456 e. The van der Waals surface area contributed by atoms with Gasteiger partial charge in [-0.1, -0.05) is 121 Å². The number of benzene rings is 7. The predicted molar refractivity (Wildman–Crippen MR) is 184 cm³/mol. The highest BCUT2D eigenvalue weighted by molar-refractivity contribution is 6.19. The van der Waals surface area contributed by atoms with Crippen molar-refractivity contribution in [2.45, 2.75) is 0 Å². The van der Waals surface area contributed by atoms with Crippen molar-refractivity contribution in [3.8, 4) is 45.3 Å².